The minimum Gasteiger partial charge on any atom is -0.392 e. The zero-order valence-corrected chi connectivity index (χ0v) is 10.7. The quantitative estimate of drug-likeness (QED) is 0.581. The molecule has 1 saturated carbocycles. The van der Waals surface area contributed by atoms with Gasteiger partial charge in [-0.05, 0) is 12.8 Å². The standard InChI is InChI=1S/C11H21NO4S/c13-10-5-3-1-2-4-8(10)12-9-6-17(15,16)7-11(9)14/h8-14H,1-7H2. The molecule has 1 aliphatic carbocycles. The van der Waals surface area contributed by atoms with E-state index < -0.39 is 28.1 Å². The Hall–Kier alpha value is -0.170. The summed E-state index contributed by atoms with van der Waals surface area (Å²) in [6.45, 7) is 0. The van der Waals surface area contributed by atoms with Crippen molar-refractivity contribution in [3.63, 3.8) is 0 Å². The van der Waals surface area contributed by atoms with Crippen LogP contribution in [0.3, 0.4) is 0 Å². The van der Waals surface area contributed by atoms with E-state index in [2.05, 4.69) is 5.32 Å². The highest BCUT2D eigenvalue weighted by molar-refractivity contribution is 7.91. The summed E-state index contributed by atoms with van der Waals surface area (Å²) in [5.41, 5.74) is 0. The maximum absolute atomic E-state index is 11.4. The molecule has 2 rings (SSSR count). The smallest absolute Gasteiger partial charge is 0.154 e. The van der Waals surface area contributed by atoms with Crippen LogP contribution in [0.4, 0.5) is 0 Å². The minimum atomic E-state index is -3.12. The van der Waals surface area contributed by atoms with Crippen molar-refractivity contribution in [1.82, 2.24) is 5.32 Å². The Balaban J connectivity index is 1.95. The van der Waals surface area contributed by atoms with Gasteiger partial charge in [0.15, 0.2) is 9.84 Å². The van der Waals surface area contributed by atoms with E-state index in [0.29, 0.717) is 0 Å². The molecule has 4 unspecified atom stereocenters. The third kappa shape index (κ3) is 3.40. The van der Waals surface area contributed by atoms with Gasteiger partial charge in [-0.3, -0.25) is 0 Å². The number of hydrogen-bond donors (Lipinski definition) is 3. The van der Waals surface area contributed by atoms with Gasteiger partial charge in [-0.25, -0.2) is 8.42 Å². The Morgan fingerprint density at radius 2 is 1.59 bits per heavy atom. The van der Waals surface area contributed by atoms with Crippen molar-refractivity contribution < 1.29 is 18.6 Å². The van der Waals surface area contributed by atoms with Crippen molar-refractivity contribution in [3.05, 3.63) is 0 Å². The van der Waals surface area contributed by atoms with E-state index in [1.165, 1.54) is 0 Å². The van der Waals surface area contributed by atoms with Gasteiger partial charge in [0, 0.05) is 12.1 Å². The van der Waals surface area contributed by atoms with Gasteiger partial charge < -0.3 is 15.5 Å². The fourth-order valence-electron chi connectivity index (χ4n) is 2.75. The summed E-state index contributed by atoms with van der Waals surface area (Å²) in [6.07, 6.45) is 3.52. The number of nitrogens with one attached hydrogen (secondary N) is 1. The molecule has 2 aliphatic rings. The molecular formula is C11H21NO4S. The van der Waals surface area contributed by atoms with E-state index in [9.17, 15) is 18.6 Å². The highest BCUT2D eigenvalue weighted by Gasteiger charge is 2.38. The molecule has 5 nitrogen and oxygen atoms in total. The van der Waals surface area contributed by atoms with Gasteiger partial charge in [-0.15, -0.1) is 0 Å². The molecule has 0 spiro atoms. The average Bonchev–Trinajstić information content (AvgIpc) is 2.38. The lowest BCUT2D eigenvalue weighted by Gasteiger charge is -2.26. The highest BCUT2D eigenvalue weighted by atomic mass is 32.2. The van der Waals surface area contributed by atoms with Crippen LogP contribution >= 0.6 is 0 Å². The zero-order chi connectivity index (χ0) is 12.5. The minimum absolute atomic E-state index is 0.0165. The fraction of sp³-hybridized carbons (Fsp3) is 1.00. The third-order valence-corrected chi connectivity index (χ3v) is 5.45. The van der Waals surface area contributed by atoms with Crippen molar-refractivity contribution in [1.29, 1.82) is 0 Å². The van der Waals surface area contributed by atoms with Crippen molar-refractivity contribution in [2.24, 2.45) is 0 Å². The maximum atomic E-state index is 11.4. The Morgan fingerprint density at radius 3 is 2.24 bits per heavy atom. The lowest BCUT2D eigenvalue weighted by molar-refractivity contribution is 0.0943. The first kappa shape index (κ1) is 13.3. The second kappa shape index (κ2) is 5.22. The number of hydrogen-bond acceptors (Lipinski definition) is 5. The van der Waals surface area contributed by atoms with Crippen LogP contribution in [0.25, 0.3) is 0 Å². The van der Waals surface area contributed by atoms with Crippen molar-refractivity contribution in [2.45, 2.75) is 56.4 Å². The third-order valence-electron chi connectivity index (χ3n) is 3.73. The molecule has 0 aromatic carbocycles. The summed E-state index contributed by atoms with van der Waals surface area (Å²) in [5, 5.41) is 22.8. The fourth-order valence-corrected chi connectivity index (χ4v) is 4.50. The summed E-state index contributed by atoms with van der Waals surface area (Å²) < 4.78 is 22.8. The van der Waals surface area contributed by atoms with Crippen molar-refractivity contribution in [3.8, 4) is 0 Å². The van der Waals surface area contributed by atoms with Gasteiger partial charge in [0.1, 0.15) is 0 Å². The molecule has 1 heterocycles. The Labute approximate surface area is 102 Å². The lowest BCUT2D eigenvalue weighted by Crippen LogP contribution is -2.49. The summed E-state index contributed by atoms with van der Waals surface area (Å²) in [7, 11) is -3.12. The molecule has 0 radical (unpaired) electrons. The molecule has 0 aromatic rings. The van der Waals surface area contributed by atoms with Gasteiger partial charge in [-0.2, -0.15) is 0 Å². The first-order chi connectivity index (χ1) is 7.98. The molecule has 1 saturated heterocycles. The van der Waals surface area contributed by atoms with E-state index in [4.69, 9.17) is 0 Å². The summed E-state index contributed by atoms with van der Waals surface area (Å²) in [6, 6.07) is -0.497. The van der Waals surface area contributed by atoms with Gasteiger partial charge >= 0.3 is 0 Å². The van der Waals surface area contributed by atoms with Crippen LogP contribution in [0, 0.1) is 0 Å². The van der Waals surface area contributed by atoms with Crippen LogP contribution in [0.5, 0.6) is 0 Å². The van der Waals surface area contributed by atoms with Gasteiger partial charge in [0.05, 0.1) is 23.7 Å². The number of sulfone groups is 1. The van der Waals surface area contributed by atoms with Gasteiger partial charge in [0.25, 0.3) is 0 Å². The SMILES string of the molecule is O=S1(=O)CC(O)C(NC2CCCCCC2O)C1. The van der Waals surface area contributed by atoms with Crippen LogP contribution in [-0.2, 0) is 9.84 Å². The predicted molar refractivity (Wildman–Crippen MR) is 64.5 cm³/mol. The molecule has 100 valence electrons. The molecule has 1 aliphatic heterocycles. The molecule has 0 aromatic heterocycles. The number of aliphatic hydroxyl groups excluding tert-OH is 2. The van der Waals surface area contributed by atoms with Crippen LogP contribution in [0.1, 0.15) is 32.1 Å². The molecule has 0 bridgehead atoms. The van der Waals surface area contributed by atoms with Crippen LogP contribution in [-0.4, -0.2) is 54.4 Å². The van der Waals surface area contributed by atoms with E-state index in [1.54, 1.807) is 0 Å². The number of rotatable bonds is 2. The predicted octanol–water partition coefficient (Wildman–Crippen LogP) is -0.573. The van der Waals surface area contributed by atoms with E-state index in [0.717, 1.165) is 32.1 Å². The number of aliphatic hydroxyl groups is 2. The lowest BCUT2D eigenvalue weighted by atomic mass is 10.0. The molecule has 4 atom stereocenters. The average molecular weight is 263 g/mol. The van der Waals surface area contributed by atoms with Crippen LogP contribution in [0.2, 0.25) is 0 Å². The monoisotopic (exact) mass is 263 g/mol. The first-order valence-corrected chi connectivity index (χ1v) is 8.13. The van der Waals surface area contributed by atoms with E-state index in [1.807, 2.05) is 0 Å². The van der Waals surface area contributed by atoms with Gasteiger partial charge in [-0.1, -0.05) is 19.3 Å². The van der Waals surface area contributed by atoms with Crippen LogP contribution in [0.15, 0.2) is 0 Å². The summed E-state index contributed by atoms with van der Waals surface area (Å²) >= 11 is 0. The molecule has 3 N–H and O–H groups in total. The molecule has 6 heteroatoms. The van der Waals surface area contributed by atoms with Crippen molar-refractivity contribution >= 4 is 9.84 Å². The zero-order valence-electron chi connectivity index (χ0n) is 9.88. The molecular weight excluding hydrogens is 242 g/mol. The Kier molecular flexibility index (Phi) is 4.07. The van der Waals surface area contributed by atoms with E-state index >= 15 is 0 Å². The Bertz CT molecular complexity index is 356. The first-order valence-electron chi connectivity index (χ1n) is 6.30. The normalized spacial score (nSPS) is 42.2. The molecule has 2 fully saturated rings. The highest BCUT2D eigenvalue weighted by Crippen LogP contribution is 2.21. The topological polar surface area (TPSA) is 86.6 Å². The molecule has 17 heavy (non-hydrogen) atoms. The second-order valence-corrected chi connectivity index (χ2v) is 7.38. The largest absolute Gasteiger partial charge is 0.392 e. The summed E-state index contributed by atoms with van der Waals surface area (Å²) in [4.78, 5) is 0. The maximum Gasteiger partial charge on any atom is 0.154 e. The van der Waals surface area contributed by atoms with E-state index in [-0.39, 0.29) is 17.5 Å². The molecule has 0 amide bonds. The van der Waals surface area contributed by atoms with Crippen LogP contribution < -0.4 is 5.32 Å². The van der Waals surface area contributed by atoms with Gasteiger partial charge in [0.2, 0.25) is 0 Å². The Morgan fingerprint density at radius 1 is 0.882 bits per heavy atom. The second-order valence-electron chi connectivity index (χ2n) is 5.23. The summed E-state index contributed by atoms with van der Waals surface area (Å²) in [5.74, 6) is -0.176. The van der Waals surface area contributed by atoms with Crippen molar-refractivity contribution in [2.75, 3.05) is 11.5 Å².